The largest absolute Gasteiger partial charge is 0.497 e. The molecule has 5 nitrogen and oxygen atoms in total. The van der Waals surface area contributed by atoms with Gasteiger partial charge in [0.25, 0.3) is 5.91 Å². The lowest BCUT2D eigenvalue weighted by Crippen LogP contribution is -2.34. The van der Waals surface area contributed by atoms with Gasteiger partial charge in [-0.05, 0) is 50.0 Å². The van der Waals surface area contributed by atoms with Gasteiger partial charge in [-0.3, -0.25) is 4.79 Å². The van der Waals surface area contributed by atoms with Crippen LogP contribution in [-0.2, 0) is 0 Å². The van der Waals surface area contributed by atoms with Crippen LogP contribution in [-0.4, -0.2) is 52.7 Å². The Labute approximate surface area is 150 Å². The number of hydrogen-bond acceptors (Lipinski definition) is 4. The van der Waals surface area contributed by atoms with Crippen LogP contribution in [0.5, 0.6) is 5.75 Å². The third kappa shape index (κ3) is 4.97. The normalized spacial score (nSPS) is 11.9. The van der Waals surface area contributed by atoms with E-state index in [9.17, 15) is 4.79 Å². The van der Waals surface area contributed by atoms with Crippen molar-refractivity contribution in [2.75, 3.05) is 46.7 Å². The number of nitrogens with one attached hydrogen (secondary N) is 1. The summed E-state index contributed by atoms with van der Waals surface area (Å²) in [6.07, 6.45) is 0. The van der Waals surface area contributed by atoms with Crippen molar-refractivity contribution in [2.45, 2.75) is 6.04 Å². The lowest BCUT2D eigenvalue weighted by molar-refractivity contribution is 0.0941. The van der Waals surface area contributed by atoms with Gasteiger partial charge in [-0.25, -0.2) is 0 Å². The summed E-state index contributed by atoms with van der Waals surface area (Å²) in [7, 11) is 9.67. The maximum atomic E-state index is 12.4. The second-order valence-electron chi connectivity index (χ2n) is 6.41. The Morgan fingerprint density at radius 1 is 1.08 bits per heavy atom. The zero-order valence-electron chi connectivity index (χ0n) is 15.6. The molecule has 0 heterocycles. The van der Waals surface area contributed by atoms with Crippen LogP contribution in [0, 0.1) is 0 Å². The summed E-state index contributed by atoms with van der Waals surface area (Å²) in [5.41, 5.74) is 2.92. The minimum absolute atomic E-state index is 0.101. The van der Waals surface area contributed by atoms with Crippen molar-refractivity contribution in [1.82, 2.24) is 10.2 Å². The highest BCUT2D eigenvalue weighted by atomic mass is 16.5. The zero-order valence-corrected chi connectivity index (χ0v) is 15.6. The van der Waals surface area contributed by atoms with Crippen molar-refractivity contribution in [3.05, 3.63) is 59.7 Å². The second kappa shape index (κ2) is 8.53. The molecule has 25 heavy (non-hydrogen) atoms. The van der Waals surface area contributed by atoms with Crippen molar-refractivity contribution in [2.24, 2.45) is 0 Å². The molecule has 0 aromatic heterocycles. The van der Waals surface area contributed by atoms with Crippen molar-refractivity contribution in [1.29, 1.82) is 0 Å². The fourth-order valence-electron chi connectivity index (χ4n) is 2.65. The van der Waals surface area contributed by atoms with Crippen LogP contribution in [0.3, 0.4) is 0 Å². The Balaban J connectivity index is 2.07. The Bertz CT molecular complexity index is 696. The van der Waals surface area contributed by atoms with Gasteiger partial charge in [0.05, 0.1) is 13.2 Å². The van der Waals surface area contributed by atoms with Crippen molar-refractivity contribution < 1.29 is 9.53 Å². The summed E-state index contributed by atoms with van der Waals surface area (Å²) in [6.45, 7) is 0.532. The molecule has 5 heteroatoms. The van der Waals surface area contributed by atoms with E-state index in [0.29, 0.717) is 17.9 Å². The number of methoxy groups -OCH3 is 1. The van der Waals surface area contributed by atoms with E-state index < -0.39 is 0 Å². The summed E-state index contributed by atoms with van der Waals surface area (Å²) < 4.78 is 5.18. The number of hydrogen-bond donors (Lipinski definition) is 1. The number of anilines is 1. The minimum Gasteiger partial charge on any atom is -0.497 e. The van der Waals surface area contributed by atoms with Crippen LogP contribution in [0.4, 0.5) is 5.69 Å². The number of rotatable bonds is 7. The molecule has 0 radical (unpaired) electrons. The molecule has 2 aromatic rings. The molecule has 0 fully saturated rings. The van der Waals surface area contributed by atoms with Crippen LogP contribution >= 0.6 is 0 Å². The second-order valence-corrected chi connectivity index (χ2v) is 6.41. The molecule has 1 N–H and O–H groups in total. The molecular weight excluding hydrogens is 314 g/mol. The topological polar surface area (TPSA) is 44.8 Å². The zero-order chi connectivity index (χ0) is 18.4. The first-order valence-corrected chi connectivity index (χ1v) is 8.28. The van der Waals surface area contributed by atoms with E-state index in [-0.39, 0.29) is 11.9 Å². The molecule has 0 aliphatic carbocycles. The van der Waals surface area contributed by atoms with E-state index >= 15 is 0 Å². The lowest BCUT2D eigenvalue weighted by atomic mass is 10.0. The fourth-order valence-corrected chi connectivity index (χ4v) is 2.65. The Morgan fingerprint density at radius 2 is 1.76 bits per heavy atom. The van der Waals surface area contributed by atoms with Gasteiger partial charge in [-0.2, -0.15) is 0 Å². The molecule has 0 aliphatic heterocycles. The summed E-state index contributed by atoms with van der Waals surface area (Å²) in [5, 5.41) is 3.02. The number of likely N-dealkylation sites (N-methyl/N-ethyl adjacent to an activating group) is 1. The third-order valence-corrected chi connectivity index (χ3v) is 4.21. The maximum Gasteiger partial charge on any atom is 0.251 e. The van der Waals surface area contributed by atoms with E-state index in [1.807, 2.05) is 40.3 Å². The minimum atomic E-state index is -0.101. The molecule has 2 rings (SSSR count). The molecule has 0 saturated carbocycles. The molecule has 134 valence electrons. The van der Waals surface area contributed by atoms with Crippen LogP contribution in [0.25, 0.3) is 0 Å². The van der Waals surface area contributed by atoms with Crippen LogP contribution in [0.2, 0.25) is 0 Å². The van der Waals surface area contributed by atoms with Crippen LogP contribution in [0.15, 0.2) is 48.5 Å². The predicted molar refractivity (Wildman–Crippen MR) is 103 cm³/mol. The van der Waals surface area contributed by atoms with Crippen LogP contribution < -0.4 is 15.0 Å². The van der Waals surface area contributed by atoms with E-state index in [1.54, 1.807) is 19.2 Å². The summed E-state index contributed by atoms with van der Waals surface area (Å²) in [6, 6.07) is 15.7. The Hall–Kier alpha value is -2.53. The van der Waals surface area contributed by atoms with Gasteiger partial charge in [-0.15, -0.1) is 0 Å². The highest BCUT2D eigenvalue weighted by Crippen LogP contribution is 2.21. The molecule has 0 bridgehead atoms. The van der Waals surface area contributed by atoms with Gasteiger partial charge in [0.15, 0.2) is 0 Å². The van der Waals surface area contributed by atoms with Crippen molar-refractivity contribution >= 4 is 11.6 Å². The standard InChI is InChI=1S/C20H27N3O2/c1-22(2)17-11-9-15(10-12-17)19(23(3)4)14-21-20(24)16-7-6-8-18(13-16)25-5/h6-13,19H,14H2,1-5H3,(H,21,24). The molecule has 1 unspecified atom stereocenters. The van der Waals surface area contributed by atoms with Gasteiger partial charge in [0.1, 0.15) is 5.75 Å². The monoisotopic (exact) mass is 341 g/mol. The molecule has 0 spiro atoms. The van der Waals surface area contributed by atoms with Gasteiger partial charge in [-0.1, -0.05) is 18.2 Å². The van der Waals surface area contributed by atoms with Gasteiger partial charge < -0.3 is 19.9 Å². The summed E-state index contributed by atoms with van der Waals surface area (Å²) in [4.78, 5) is 16.6. The van der Waals surface area contributed by atoms with E-state index in [0.717, 1.165) is 5.69 Å². The maximum absolute atomic E-state index is 12.4. The summed E-state index contributed by atoms with van der Waals surface area (Å²) in [5.74, 6) is 0.576. The quantitative estimate of drug-likeness (QED) is 0.841. The van der Waals surface area contributed by atoms with Crippen molar-refractivity contribution in [3.63, 3.8) is 0 Å². The number of carbonyl (C=O) groups excluding carboxylic acids is 1. The molecule has 1 amide bonds. The van der Waals surface area contributed by atoms with E-state index in [2.05, 4.69) is 39.4 Å². The van der Waals surface area contributed by atoms with Gasteiger partial charge >= 0.3 is 0 Å². The van der Waals surface area contributed by atoms with Gasteiger partial charge in [0.2, 0.25) is 0 Å². The summed E-state index contributed by atoms with van der Waals surface area (Å²) >= 11 is 0. The van der Waals surface area contributed by atoms with Crippen LogP contribution in [0.1, 0.15) is 22.0 Å². The number of nitrogens with zero attached hydrogens (tertiary/aromatic N) is 2. The number of carbonyl (C=O) groups is 1. The highest BCUT2D eigenvalue weighted by molar-refractivity contribution is 5.94. The fraction of sp³-hybridized carbons (Fsp3) is 0.350. The van der Waals surface area contributed by atoms with E-state index in [4.69, 9.17) is 4.74 Å². The first-order chi connectivity index (χ1) is 11.9. The SMILES string of the molecule is COc1cccc(C(=O)NCC(c2ccc(N(C)C)cc2)N(C)C)c1. The number of amides is 1. The molecule has 1 atom stereocenters. The smallest absolute Gasteiger partial charge is 0.251 e. The van der Waals surface area contributed by atoms with Crippen molar-refractivity contribution in [3.8, 4) is 5.75 Å². The molecule has 2 aromatic carbocycles. The van der Waals surface area contributed by atoms with E-state index in [1.165, 1.54) is 5.56 Å². The predicted octanol–water partition coefficient (Wildman–Crippen LogP) is 2.79. The van der Waals surface area contributed by atoms with Gasteiger partial charge in [0, 0.05) is 31.9 Å². The number of benzene rings is 2. The average Bonchev–Trinajstić information content (AvgIpc) is 2.61. The Morgan fingerprint density at radius 3 is 2.32 bits per heavy atom. The molecular formula is C20H27N3O2. The number of ether oxygens (including phenoxy) is 1. The third-order valence-electron chi connectivity index (χ3n) is 4.21. The average molecular weight is 341 g/mol. The highest BCUT2D eigenvalue weighted by Gasteiger charge is 2.16. The Kier molecular flexibility index (Phi) is 6.42. The first-order valence-electron chi connectivity index (χ1n) is 8.28. The molecule has 0 aliphatic rings. The lowest BCUT2D eigenvalue weighted by Gasteiger charge is -2.26. The first kappa shape index (κ1) is 18.8. The molecule has 0 saturated heterocycles.